The van der Waals surface area contributed by atoms with E-state index in [2.05, 4.69) is 5.32 Å². The van der Waals surface area contributed by atoms with Crippen molar-refractivity contribution in [2.24, 2.45) is 0 Å². The molecule has 4 N–H and O–H groups in total. The van der Waals surface area contributed by atoms with Crippen molar-refractivity contribution in [2.45, 2.75) is 0 Å². The highest BCUT2D eigenvalue weighted by Crippen LogP contribution is 2.29. The molecule has 100 valence electrons. The van der Waals surface area contributed by atoms with E-state index in [0.29, 0.717) is 27.6 Å². The number of halogens is 1. The molecule has 0 spiro atoms. The Bertz CT molecular complexity index is 723. The van der Waals surface area contributed by atoms with Gasteiger partial charge in [0.2, 0.25) is 0 Å². The maximum absolute atomic E-state index is 11.2. The zero-order valence-electron chi connectivity index (χ0n) is 10.2. The molecule has 0 unspecified atom stereocenters. The molecule has 0 fully saturated rings. The van der Waals surface area contributed by atoms with Gasteiger partial charge in [0.05, 0.1) is 33.6 Å². The van der Waals surface area contributed by atoms with Gasteiger partial charge in [0.1, 0.15) is 0 Å². The molecular formula is C14H10ClN3O2. The van der Waals surface area contributed by atoms with Gasteiger partial charge in [-0.2, -0.15) is 5.26 Å². The first-order chi connectivity index (χ1) is 9.51. The molecule has 0 aliphatic heterocycles. The normalized spacial score (nSPS) is 9.80. The molecule has 2 rings (SSSR count). The Labute approximate surface area is 120 Å². The first-order valence-corrected chi connectivity index (χ1v) is 5.98. The third kappa shape index (κ3) is 2.82. The van der Waals surface area contributed by atoms with E-state index in [9.17, 15) is 4.79 Å². The Morgan fingerprint density at radius 2 is 2.00 bits per heavy atom. The van der Waals surface area contributed by atoms with Gasteiger partial charge in [-0.15, -0.1) is 0 Å². The van der Waals surface area contributed by atoms with Gasteiger partial charge in [-0.3, -0.25) is 0 Å². The van der Waals surface area contributed by atoms with Crippen molar-refractivity contribution in [1.82, 2.24) is 0 Å². The molecular weight excluding hydrogens is 278 g/mol. The Morgan fingerprint density at radius 1 is 1.25 bits per heavy atom. The van der Waals surface area contributed by atoms with Crippen LogP contribution in [0, 0.1) is 11.3 Å². The lowest BCUT2D eigenvalue weighted by atomic mass is 10.1. The largest absolute Gasteiger partial charge is 0.478 e. The van der Waals surface area contributed by atoms with Gasteiger partial charge < -0.3 is 16.2 Å². The molecule has 20 heavy (non-hydrogen) atoms. The van der Waals surface area contributed by atoms with Crippen molar-refractivity contribution in [3.05, 3.63) is 52.5 Å². The Kier molecular flexibility index (Phi) is 3.78. The summed E-state index contributed by atoms with van der Waals surface area (Å²) >= 11 is 6.02. The number of nitrogen functional groups attached to an aromatic ring is 1. The van der Waals surface area contributed by atoms with Crippen LogP contribution in [0.5, 0.6) is 0 Å². The van der Waals surface area contributed by atoms with E-state index >= 15 is 0 Å². The van der Waals surface area contributed by atoms with E-state index in [0.717, 1.165) is 0 Å². The molecule has 6 heteroatoms. The second-order valence-corrected chi connectivity index (χ2v) is 4.45. The van der Waals surface area contributed by atoms with E-state index in [-0.39, 0.29) is 5.56 Å². The van der Waals surface area contributed by atoms with Crippen molar-refractivity contribution < 1.29 is 9.90 Å². The highest BCUT2D eigenvalue weighted by Gasteiger charge is 2.12. The monoisotopic (exact) mass is 287 g/mol. The Hall–Kier alpha value is -2.71. The second kappa shape index (κ2) is 5.51. The van der Waals surface area contributed by atoms with Crippen LogP contribution in [0.3, 0.4) is 0 Å². The summed E-state index contributed by atoms with van der Waals surface area (Å²) in [7, 11) is 0. The summed E-state index contributed by atoms with van der Waals surface area (Å²) in [6, 6.07) is 11.1. The van der Waals surface area contributed by atoms with Crippen LogP contribution in [-0.2, 0) is 0 Å². The zero-order valence-corrected chi connectivity index (χ0v) is 11.0. The maximum Gasteiger partial charge on any atom is 0.337 e. The third-order valence-corrected chi connectivity index (χ3v) is 2.97. The number of aromatic carboxylic acids is 1. The van der Waals surface area contributed by atoms with Gasteiger partial charge in [-0.05, 0) is 36.4 Å². The lowest BCUT2D eigenvalue weighted by molar-refractivity contribution is 0.0698. The molecule has 0 saturated carbocycles. The quantitative estimate of drug-likeness (QED) is 0.753. The number of carboxylic acids is 1. The van der Waals surface area contributed by atoms with Gasteiger partial charge in [-0.25, -0.2) is 4.79 Å². The number of nitriles is 1. The van der Waals surface area contributed by atoms with Gasteiger partial charge in [0.25, 0.3) is 0 Å². The predicted molar refractivity (Wildman–Crippen MR) is 77.3 cm³/mol. The molecule has 5 nitrogen and oxygen atoms in total. The summed E-state index contributed by atoms with van der Waals surface area (Å²) in [5.41, 5.74) is 7.32. The first kappa shape index (κ1) is 13.7. The molecule has 2 aromatic rings. The Balaban J connectivity index is 2.47. The molecule has 0 saturated heterocycles. The van der Waals surface area contributed by atoms with Crippen LogP contribution in [0.1, 0.15) is 15.9 Å². The van der Waals surface area contributed by atoms with Crippen LogP contribution in [0.2, 0.25) is 5.02 Å². The number of rotatable bonds is 3. The molecule has 0 aliphatic rings. The minimum Gasteiger partial charge on any atom is -0.478 e. The molecule has 0 amide bonds. The molecule has 0 atom stereocenters. The summed E-state index contributed by atoms with van der Waals surface area (Å²) in [5.74, 6) is -1.08. The van der Waals surface area contributed by atoms with E-state index in [1.807, 2.05) is 6.07 Å². The van der Waals surface area contributed by atoms with Gasteiger partial charge in [-0.1, -0.05) is 11.6 Å². The van der Waals surface area contributed by atoms with Crippen molar-refractivity contribution in [1.29, 1.82) is 5.26 Å². The molecule has 0 heterocycles. The summed E-state index contributed by atoms with van der Waals surface area (Å²) < 4.78 is 0. The molecule has 0 bridgehead atoms. The Morgan fingerprint density at radius 3 is 2.65 bits per heavy atom. The number of nitrogens with two attached hydrogens (primary N) is 1. The standard InChI is InChI=1S/C14H10ClN3O2/c15-11-4-1-8(7-16)5-13(11)18-12-6-9(17)2-3-10(12)14(19)20/h1-6,18H,17H2,(H,19,20). The van der Waals surface area contributed by atoms with Gasteiger partial charge in [0, 0.05) is 5.69 Å². The van der Waals surface area contributed by atoms with Crippen LogP contribution >= 0.6 is 11.6 Å². The van der Waals surface area contributed by atoms with Crippen LogP contribution in [-0.4, -0.2) is 11.1 Å². The summed E-state index contributed by atoms with van der Waals surface area (Å²) in [5, 5.41) is 21.3. The first-order valence-electron chi connectivity index (χ1n) is 5.61. The van der Waals surface area contributed by atoms with Crippen molar-refractivity contribution >= 4 is 34.6 Å². The van der Waals surface area contributed by atoms with Gasteiger partial charge in [0.15, 0.2) is 0 Å². The maximum atomic E-state index is 11.2. The van der Waals surface area contributed by atoms with E-state index in [4.69, 9.17) is 27.7 Å². The van der Waals surface area contributed by atoms with Crippen LogP contribution < -0.4 is 11.1 Å². The predicted octanol–water partition coefficient (Wildman–Crippen LogP) is 3.24. The highest BCUT2D eigenvalue weighted by atomic mass is 35.5. The summed E-state index contributed by atoms with van der Waals surface area (Å²) in [4.78, 5) is 11.2. The molecule has 0 aliphatic carbocycles. The average molecular weight is 288 g/mol. The van der Waals surface area contributed by atoms with Crippen molar-refractivity contribution in [3.8, 4) is 6.07 Å². The van der Waals surface area contributed by atoms with E-state index < -0.39 is 5.97 Å². The number of anilines is 3. The summed E-state index contributed by atoms with van der Waals surface area (Å²) in [6.45, 7) is 0. The number of hydrogen-bond acceptors (Lipinski definition) is 4. The second-order valence-electron chi connectivity index (χ2n) is 4.04. The fraction of sp³-hybridized carbons (Fsp3) is 0. The summed E-state index contributed by atoms with van der Waals surface area (Å²) in [6.07, 6.45) is 0. The van der Waals surface area contributed by atoms with E-state index in [1.54, 1.807) is 12.1 Å². The zero-order chi connectivity index (χ0) is 14.7. The fourth-order valence-corrected chi connectivity index (χ4v) is 1.85. The lowest BCUT2D eigenvalue weighted by Gasteiger charge is -2.12. The van der Waals surface area contributed by atoms with E-state index in [1.165, 1.54) is 24.3 Å². The SMILES string of the molecule is N#Cc1ccc(Cl)c(Nc2cc(N)ccc2C(=O)O)c1. The van der Waals surface area contributed by atoms with Gasteiger partial charge >= 0.3 is 5.97 Å². The number of nitrogens with zero attached hydrogens (tertiary/aromatic N) is 1. The number of carboxylic acid groups (broad SMARTS) is 1. The number of hydrogen-bond donors (Lipinski definition) is 3. The van der Waals surface area contributed by atoms with Crippen molar-refractivity contribution in [3.63, 3.8) is 0 Å². The molecule has 0 aromatic heterocycles. The third-order valence-electron chi connectivity index (χ3n) is 2.64. The number of benzene rings is 2. The topological polar surface area (TPSA) is 99.1 Å². The van der Waals surface area contributed by atoms with Crippen LogP contribution in [0.4, 0.5) is 17.1 Å². The number of nitrogens with one attached hydrogen (secondary N) is 1. The minimum absolute atomic E-state index is 0.0672. The minimum atomic E-state index is -1.08. The molecule has 0 radical (unpaired) electrons. The fourth-order valence-electron chi connectivity index (χ4n) is 1.69. The van der Waals surface area contributed by atoms with Crippen LogP contribution in [0.25, 0.3) is 0 Å². The molecule has 2 aromatic carbocycles. The van der Waals surface area contributed by atoms with Crippen molar-refractivity contribution in [2.75, 3.05) is 11.1 Å². The highest BCUT2D eigenvalue weighted by molar-refractivity contribution is 6.33. The average Bonchev–Trinajstić information content (AvgIpc) is 2.41. The number of carbonyl (C=O) groups is 1. The lowest BCUT2D eigenvalue weighted by Crippen LogP contribution is -2.04. The van der Waals surface area contributed by atoms with Crippen LogP contribution in [0.15, 0.2) is 36.4 Å². The smallest absolute Gasteiger partial charge is 0.337 e.